The smallest absolute Gasteiger partial charge is 0.266 e. The van der Waals surface area contributed by atoms with E-state index in [1.165, 1.54) is 16.2 Å². The van der Waals surface area contributed by atoms with Crippen LogP contribution in [0.5, 0.6) is 0 Å². The minimum atomic E-state index is -0.209. The zero-order chi connectivity index (χ0) is 13.9. The third kappa shape index (κ3) is 3.14. The Morgan fingerprint density at radius 2 is 2.28 bits per heavy atom. The second-order valence-electron chi connectivity index (χ2n) is 4.18. The molecule has 1 amide bonds. The van der Waals surface area contributed by atoms with Crippen LogP contribution < -0.4 is 5.73 Å². The fraction of sp³-hybridized carbons (Fsp3) is 0.455. The SMILES string of the molecule is Cc1csc(C(=O)N(C/C(N)=N/O)C(C)C)c1Cl. The third-order valence-corrected chi connectivity index (χ3v) is 4.12. The summed E-state index contributed by atoms with van der Waals surface area (Å²) in [6.07, 6.45) is 0. The van der Waals surface area contributed by atoms with E-state index in [2.05, 4.69) is 5.16 Å². The van der Waals surface area contributed by atoms with E-state index in [1.807, 2.05) is 26.2 Å². The maximum absolute atomic E-state index is 12.3. The van der Waals surface area contributed by atoms with Gasteiger partial charge in [-0.3, -0.25) is 4.79 Å². The van der Waals surface area contributed by atoms with Crippen molar-refractivity contribution in [2.24, 2.45) is 10.9 Å². The largest absolute Gasteiger partial charge is 0.409 e. The molecule has 0 unspecified atom stereocenters. The van der Waals surface area contributed by atoms with E-state index in [1.54, 1.807) is 0 Å². The Bertz CT molecular complexity index is 471. The number of carbonyl (C=O) groups is 1. The number of halogens is 1. The Labute approximate surface area is 115 Å². The van der Waals surface area contributed by atoms with Gasteiger partial charge in [0.1, 0.15) is 4.88 Å². The molecule has 1 aromatic rings. The van der Waals surface area contributed by atoms with Crippen molar-refractivity contribution in [3.63, 3.8) is 0 Å². The molecular weight excluding hydrogens is 274 g/mol. The Hall–Kier alpha value is -1.27. The normalized spacial score (nSPS) is 11.9. The van der Waals surface area contributed by atoms with Gasteiger partial charge < -0.3 is 15.8 Å². The molecule has 1 heterocycles. The van der Waals surface area contributed by atoms with E-state index >= 15 is 0 Å². The van der Waals surface area contributed by atoms with Gasteiger partial charge >= 0.3 is 0 Å². The number of hydrogen-bond acceptors (Lipinski definition) is 4. The molecule has 3 N–H and O–H groups in total. The third-order valence-electron chi connectivity index (χ3n) is 2.44. The van der Waals surface area contributed by atoms with Crippen molar-refractivity contribution in [3.05, 3.63) is 20.8 Å². The summed E-state index contributed by atoms with van der Waals surface area (Å²) in [7, 11) is 0. The molecule has 18 heavy (non-hydrogen) atoms. The van der Waals surface area contributed by atoms with Crippen molar-refractivity contribution in [2.45, 2.75) is 26.8 Å². The molecule has 7 heteroatoms. The highest BCUT2D eigenvalue weighted by molar-refractivity contribution is 7.13. The number of aryl methyl sites for hydroxylation is 1. The summed E-state index contributed by atoms with van der Waals surface area (Å²) >= 11 is 7.37. The zero-order valence-electron chi connectivity index (χ0n) is 10.5. The van der Waals surface area contributed by atoms with Crippen LogP contribution in [-0.2, 0) is 0 Å². The first-order chi connectivity index (χ1) is 8.38. The van der Waals surface area contributed by atoms with Crippen molar-refractivity contribution in [3.8, 4) is 0 Å². The Morgan fingerprint density at radius 1 is 1.67 bits per heavy atom. The maximum atomic E-state index is 12.3. The van der Waals surface area contributed by atoms with E-state index in [0.29, 0.717) is 9.90 Å². The summed E-state index contributed by atoms with van der Waals surface area (Å²) in [5, 5.41) is 13.8. The van der Waals surface area contributed by atoms with Crippen LogP contribution in [0, 0.1) is 6.92 Å². The van der Waals surface area contributed by atoms with Gasteiger partial charge in [0.2, 0.25) is 0 Å². The number of nitrogens with zero attached hydrogens (tertiary/aromatic N) is 2. The highest BCUT2D eigenvalue weighted by atomic mass is 35.5. The van der Waals surface area contributed by atoms with Gasteiger partial charge in [-0.05, 0) is 31.7 Å². The summed E-state index contributed by atoms with van der Waals surface area (Å²) in [5.74, 6) is -0.221. The monoisotopic (exact) mass is 289 g/mol. The second kappa shape index (κ2) is 6.06. The summed E-state index contributed by atoms with van der Waals surface area (Å²) in [6.45, 7) is 5.63. The number of carbonyl (C=O) groups excluding carboxylic acids is 1. The lowest BCUT2D eigenvalue weighted by Gasteiger charge is -2.25. The molecule has 0 atom stereocenters. The number of rotatable bonds is 4. The lowest BCUT2D eigenvalue weighted by atomic mass is 10.2. The van der Waals surface area contributed by atoms with Gasteiger partial charge in [0.15, 0.2) is 5.84 Å². The van der Waals surface area contributed by atoms with Crippen molar-refractivity contribution in [1.82, 2.24) is 4.90 Å². The predicted molar refractivity (Wildman–Crippen MR) is 73.6 cm³/mol. The lowest BCUT2D eigenvalue weighted by molar-refractivity contribution is 0.0739. The highest BCUT2D eigenvalue weighted by Gasteiger charge is 2.24. The molecule has 0 aliphatic rings. The molecule has 0 spiro atoms. The van der Waals surface area contributed by atoms with Crippen LogP contribution in [0.3, 0.4) is 0 Å². The average Bonchev–Trinajstić information content (AvgIpc) is 2.65. The van der Waals surface area contributed by atoms with E-state index in [9.17, 15) is 4.79 Å². The molecular formula is C11H16ClN3O2S. The van der Waals surface area contributed by atoms with Gasteiger partial charge in [0, 0.05) is 6.04 Å². The Kier molecular flexibility index (Phi) is 4.98. The van der Waals surface area contributed by atoms with Crippen molar-refractivity contribution in [2.75, 3.05) is 6.54 Å². The molecule has 0 aromatic carbocycles. The number of thiophene rings is 1. The van der Waals surface area contributed by atoms with Crippen LogP contribution in [0.4, 0.5) is 0 Å². The van der Waals surface area contributed by atoms with Crippen LogP contribution >= 0.6 is 22.9 Å². The molecule has 100 valence electrons. The summed E-state index contributed by atoms with van der Waals surface area (Å²) < 4.78 is 0. The van der Waals surface area contributed by atoms with Crippen LogP contribution in [0.15, 0.2) is 10.5 Å². The van der Waals surface area contributed by atoms with Gasteiger partial charge in [-0.25, -0.2) is 0 Å². The summed E-state index contributed by atoms with van der Waals surface area (Å²) in [6, 6.07) is -0.0729. The van der Waals surface area contributed by atoms with Crippen molar-refractivity contribution < 1.29 is 10.0 Å². The van der Waals surface area contributed by atoms with Gasteiger partial charge in [0.25, 0.3) is 5.91 Å². The predicted octanol–water partition coefficient (Wildman–Crippen LogP) is 2.31. The number of oxime groups is 1. The second-order valence-corrected chi connectivity index (χ2v) is 5.44. The molecule has 0 fully saturated rings. The van der Waals surface area contributed by atoms with E-state index < -0.39 is 0 Å². The fourth-order valence-electron chi connectivity index (χ4n) is 1.40. The Balaban J connectivity index is 3.00. The van der Waals surface area contributed by atoms with Crippen LogP contribution in [0.1, 0.15) is 29.1 Å². The molecule has 5 nitrogen and oxygen atoms in total. The van der Waals surface area contributed by atoms with E-state index in [-0.39, 0.29) is 24.3 Å². The highest BCUT2D eigenvalue weighted by Crippen LogP contribution is 2.28. The first-order valence-corrected chi connectivity index (χ1v) is 6.65. The van der Waals surface area contributed by atoms with Crippen LogP contribution in [0.2, 0.25) is 5.02 Å². The zero-order valence-corrected chi connectivity index (χ0v) is 12.0. The summed E-state index contributed by atoms with van der Waals surface area (Å²) in [5.41, 5.74) is 6.32. The van der Waals surface area contributed by atoms with Crippen LogP contribution in [-0.4, -0.2) is 34.4 Å². The van der Waals surface area contributed by atoms with Gasteiger partial charge in [-0.15, -0.1) is 11.3 Å². The van der Waals surface area contributed by atoms with Gasteiger partial charge in [-0.1, -0.05) is 16.8 Å². The van der Waals surface area contributed by atoms with Crippen LogP contribution in [0.25, 0.3) is 0 Å². The number of amides is 1. The number of amidine groups is 1. The minimum Gasteiger partial charge on any atom is -0.409 e. The summed E-state index contributed by atoms with van der Waals surface area (Å²) in [4.78, 5) is 14.3. The van der Waals surface area contributed by atoms with E-state index in [4.69, 9.17) is 22.5 Å². The molecule has 0 aliphatic carbocycles. The molecule has 0 aliphatic heterocycles. The quantitative estimate of drug-likeness (QED) is 0.386. The lowest BCUT2D eigenvalue weighted by Crippen LogP contribution is -2.42. The average molecular weight is 290 g/mol. The maximum Gasteiger partial charge on any atom is 0.266 e. The molecule has 0 radical (unpaired) electrons. The number of hydrogen-bond donors (Lipinski definition) is 2. The molecule has 1 aromatic heterocycles. The fourth-order valence-corrected chi connectivity index (χ4v) is 2.63. The van der Waals surface area contributed by atoms with Crippen molar-refractivity contribution in [1.29, 1.82) is 0 Å². The van der Waals surface area contributed by atoms with Crippen molar-refractivity contribution >= 4 is 34.7 Å². The van der Waals surface area contributed by atoms with Gasteiger partial charge in [0.05, 0.1) is 11.6 Å². The van der Waals surface area contributed by atoms with E-state index in [0.717, 1.165) is 5.56 Å². The molecule has 0 saturated carbocycles. The molecule has 0 bridgehead atoms. The first-order valence-electron chi connectivity index (χ1n) is 5.39. The first kappa shape index (κ1) is 14.8. The number of nitrogens with two attached hydrogens (primary N) is 1. The molecule has 0 saturated heterocycles. The topological polar surface area (TPSA) is 78.9 Å². The minimum absolute atomic E-state index is 0.0125. The molecule has 1 rings (SSSR count). The standard InChI is InChI=1S/C11H16ClN3O2S/c1-6(2)15(4-8(13)14-17)11(16)10-9(12)7(3)5-18-10/h5-6,17H,4H2,1-3H3,(H2,13,14). The Morgan fingerprint density at radius 3 is 2.67 bits per heavy atom. The van der Waals surface area contributed by atoms with Gasteiger partial charge in [-0.2, -0.15) is 0 Å².